The third kappa shape index (κ3) is 18.1. The molecule has 0 aliphatic carbocycles. The number of hydrogen-bond acceptors (Lipinski definition) is 2. The molecular formula is C42H46BrClF12O2. The zero-order valence-corrected chi connectivity index (χ0v) is 35.7. The van der Waals surface area contributed by atoms with Crippen molar-refractivity contribution in [1.29, 1.82) is 0 Å². The lowest BCUT2D eigenvalue weighted by Crippen LogP contribution is -2.17. The van der Waals surface area contributed by atoms with Crippen LogP contribution < -0.4 is 9.47 Å². The van der Waals surface area contributed by atoms with Gasteiger partial charge in [0.1, 0.15) is 11.5 Å². The quantitative estimate of drug-likeness (QED) is 0.179. The van der Waals surface area contributed by atoms with Crippen LogP contribution in [-0.4, -0.2) is 13.5 Å². The minimum absolute atomic E-state index is 0.00944. The number of aryl methyl sites for hydroxylation is 1. The van der Waals surface area contributed by atoms with Gasteiger partial charge >= 0.3 is 24.9 Å². The maximum absolute atomic E-state index is 12.5. The van der Waals surface area contributed by atoms with Gasteiger partial charge < -0.3 is 9.47 Å². The molecule has 0 radical (unpaired) electrons. The summed E-state index contributed by atoms with van der Waals surface area (Å²) in [5.74, 6) is 0.357. The molecule has 0 N–H and O–H groups in total. The Morgan fingerprint density at radius 2 is 0.931 bits per heavy atom. The summed E-state index contributed by atoms with van der Waals surface area (Å²) in [4.78, 5) is 0. The summed E-state index contributed by atoms with van der Waals surface area (Å²) < 4.78 is 157. The average molecular weight is 926 g/mol. The smallest absolute Gasteiger partial charge is 0.497 e. The molecule has 4 aromatic carbocycles. The van der Waals surface area contributed by atoms with Crippen molar-refractivity contribution in [2.75, 3.05) is 7.11 Å². The van der Waals surface area contributed by atoms with Crippen LogP contribution in [-0.2, 0) is 18.5 Å². The van der Waals surface area contributed by atoms with Gasteiger partial charge in [0.15, 0.2) is 0 Å². The second-order valence-electron chi connectivity index (χ2n) is 14.2. The maximum atomic E-state index is 12.5. The molecule has 0 aliphatic rings. The summed E-state index contributed by atoms with van der Waals surface area (Å²) in [6.45, 7) is 16.7. The highest BCUT2D eigenvalue weighted by molar-refractivity contribution is 9.10. The molecule has 0 heterocycles. The van der Waals surface area contributed by atoms with E-state index in [1.807, 2.05) is 48.5 Å². The van der Waals surface area contributed by atoms with E-state index in [4.69, 9.17) is 16.3 Å². The number of hydrogen-bond donors (Lipinski definition) is 0. The molecule has 0 aromatic heterocycles. The lowest BCUT2D eigenvalue weighted by atomic mass is 9.96. The lowest BCUT2D eigenvalue weighted by Gasteiger charge is -2.13. The van der Waals surface area contributed by atoms with Gasteiger partial charge in [-0.2, -0.15) is 39.5 Å². The van der Waals surface area contributed by atoms with Crippen LogP contribution in [0.5, 0.6) is 11.5 Å². The van der Waals surface area contributed by atoms with Gasteiger partial charge in [-0.25, -0.2) is 0 Å². The minimum Gasteiger partial charge on any atom is -0.497 e. The van der Waals surface area contributed by atoms with Gasteiger partial charge in [-0.15, -0.1) is 13.2 Å². The first kappa shape index (κ1) is 52.4. The molecule has 0 bridgehead atoms. The van der Waals surface area contributed by atoms with Crippen molar-refractivity contribution in [2.45, 2.75) is 111 Å². The predicted octanol–water partition coefficient (Wildman–Crippen LogP) is 16.9. The van der Waals surface area contributed by atoms with Crippen molar-refractivity contribution in [2.24, 2.45) is 0 Å². The Morgan fingerprint density at radius 3 is 1.34 bits per heavy atom. The highest BCUT2D eigenvalue weighted by atomic mass is 79.9. The van der Waals surface area contributed by atoms with Gasteiger partial charge in [-0.3, -0.25) is 0 Å². The van der Waals surface area contributed by atoms with E-state index in [1.165, 1.54) is 37.4 Å². The van der Waals surface area contributed by atoms with Crippen LogP contribution in [0.4, 0.5) is 52.7 Å². The van der Waals surface area contributed by atoms with Gasteiger partial charge in [0, 0.05) is 9.50 Å². The third-order valence-electron chi connectivity index (χ3n) is 8.13. The third-order valence-corrected chi connectivity index (χ3v) is 8.93. The molecule has 0 amide bonds. The molecule has 4 rings (SSSR count). The molecule has 0 spiro atoms. The number of rotatable bonds is 6. The van der Waals surface area contributed by atoms with Crippen LogP contribution in [0.25, 0.3) is 0 Å². The Labute approximate surface area is 345 Å². The van der Waals surface area contributed by atoms with Gasteiger partial charge in [0.2, 0.25) is 0 Å². The number of ether oxygens (including phenoxy) is 2. The normalized spacial score (nSPS) is 12.1. The molecule has 324 valence electrons. The first-order valence-corrected chi connectivity index (χ1v) is 18.8. The topological polar surface area (TPSA) is 18.5 Å². The van der Waals surface area contributed by atoms with E-state index in [9.17, 15) is 52.7 Å². The van der Waals surface area contributed by atoms with Crippen LogP contribution in [0.3, 0.4) is 0 Å². The summed E-state index contributed by atoms with van der Waals surface area (Å²) >= 11 is 8.92. The van der Waals surface area contributed by atoms with Gasteiger partial charge in [-0.05, 0) is 125 Å². The van der Waals surface area contributed by atoms with Crippen molar-refractivity contribution in [3.63, 3.8) is 0 Å². The Hall–Kier alpha value is -3.59. The van der Waals surface area contributed by atoms with E-state index in [1.54, 1.807) is 26.0 Å². The standard InChI is InChI=1S/C11H13F3O.C11H13F3.C10H10BrF3O.C10H10ClF3/c1-7(2)8-4-9(11(12,13)14)6-10(5-8)15-3;1-7(2)10-6-9(11(12,13)14)5-4-8(10)3;1-6(2)7-3-8(11)5-9(4-7)15-10(12,13)14;1-6(2)8-5-7(10(12,13)14)3-4-9(8)11/h4-7H,1-3H3;4-7H,1-3H3;3-6H,1-2H3;3-6H,1-2H3. The molecule has 0 saturated carbocycles. The predicted molar refractivity (Wildman–Crippen MR) is 208 cm³/mol. The average Bonchev–Trinajstić information content (AvgIpc) is 3.06. The van der Waals surface area contributed by atoms with Crippen LogP contribution in [0.2, 0.25) is 5.02 Å². The molecule has 0 saturated heterocycles. The maximum Gasteiger partial charge on any atom is 0.573 e. The SMILES string of the molecule is CC(C)c1cc(Br)cc(OC(F)(F)F)c1.CC(C)c1cc(C(F)(F)F)ccc1Cl.COc1cc(C(C)C)cc(C(F)(F)F)c1.Cc1ccc(C(F)(F)F)cc1C(C)C. The van der Waals surface area contributed by atoms with Crippen LogP contribution in [0.1, 0.15) is 124 Å². The highest BCUT2D eigenvalue weighted by Gasteiger charge is 2.33. The van der Waals surface area contributed by atoms with E-state index in [0.717, 1.165) is 47.0 Å². The summed E-state index contributed by atoms with van der Waals surface area (Å²) in [5.41, 5.74) is 1.75. The molecule has 2 nitrogen and oxygen atoms in total. The minimum atomic E-state index is -4.64. The molecule has 0 fully saturated rings. The molecular weight excluding hydrogens is 880 g/mol. The number of methoxy groups -OCH3 is 1. The molecule has 0 atom stereocenters. The summed E-state index contributed by atoms with van der Waals surface area (Å²) in [6.07, 6.45) is -17.5. The fraction of sp³-hybridized carbons (Fsp3) is 0.429. The van der Waals surface area contributed by atoms with Crippen molar-refractivity contribution < 1.29 is 62.2 Å². The molecule has 16 heteroatoms. The second-order valence-corrected chi connectivity index (χ2v) is 15.5. The number of alkyl halides is 12. The first-order valence-electron chi connectivity index (χ1n) is 17.6. The second kappa shape index (κ2) is 21.6. The van der Waals surface area contributed by atoms with Crippen molar-refractivity contribution in [1.82, 2.24) is 0 Å². The van der Waals surface area contributed by atoms with E-state index in [0.29, 0.717) is 20.6 Å². The molecule has 58 heavy (non-hydrogen) atoms. The Morgan fingerprint density at radius 1 is 0.500 bits per heavy atom. The van der Waals surface area contributed by atoms with Gasteiger partial charge in [0.05, 0.1) is 23.8 Å². The van der Waals surface area contributed by atoms with E-state index >= 15 is 0 Å². The Kier molecular flexibility index (Phi) is 19.5. The lowest BCUT2D eigenvalue weighted by molar-refractivity contribution is -0.274. The first-order chi connectivity index (χ1) is 26.3. The van der Waals surface area contributed by atoms with Crippen molar-refractivity contribution in [3.05, 3.63) is 127 Å². The van der Waals surface area contributed by atoms with Crippen LogP contribution in [0.15, 0.2) is 77.3 Å². The zero-order valence-electron chi connectivity index (χ0n) is 33.3. The Balaban J connectivity index is 0.000000387. The highest BCUT2D eigenvalue weighted by Crippen LogP contribution is 2.36. The van der Waals surface area contributed by atoms with Gasteiger partial charge in [-0.1, -0.05) is 89.0 Å². The monoisotopic (exact) mass is 924 g/mol. The molecule has 0 unspecified atom stereocenters. The Bertz CT molecular complexity index is 1830. The van der Waals surface area contributed by atoms with E-state index < -0.39 is 41.6 Å². The van der Waals surface area contributed by atoms with Crippen molar-refractivity contribution >= 4 is 27.5 Å². The number of benzene rings is 4. The van der Waals surface area contributed by atoms with Crippen molar-refractivity contribution in [3.8, 4) is 11.5 Å². The molecule has 4 aromatic rings. The zero-order chi connectivity index (χ0) is 45.1. The van der Waals surface area contributed by atoms with E-state index in [2.05, 4.69) is 20.7 Å². The fourth-order valence-corrected chi connectivity index (χ4v) is 5.77. The van der Waals surface area contributed by atoms with Gasteiger partial charge in [0.25, 0.3) is 0 Å². The summed E-state index contributed by atoms with van der Waals surface area (Å²) in [6, 6.07) is 15.5. The van der Waals surface area contributed by atoms with Crippen LogP contribution in [0, 0.1) is 6.92 Å². The largest absolute Gasteiger partial charge is 0.573 e. The molecule has 0 aliphatic heterocycles. The summed E-state index contributed by atoms with van der Waals surface area (Å²) in [5, 5.41) is 0.382. The number of halogens is 14. The fourth-order valence-electron chi connectivity index (χ4n) is 4.95. The van der Waals surface area contributed by atoms with Crippen LogP contribution >= 0.6 is 27.5 Å². The summed E-state index contributed by atoms with van der Waals surface area (Å²) in [7, 11) is 1.36. The van der Waals surface area contributed by atoms with E-state index in [-0.39, 0.29) is 35.2 Å².